The number of aryl methyl sites for hydroxylation is 1. The number of aromatic nitrogens is 1. The average molecular weight is 206 g/mol. The van der Waals surface area contributed by atoms with Gasteiger partial charge in [0, 0.05) is 12.2 Å². The molecule has 0 aliphatic carbocycles. The van der Waals surface area contributed by atoms with Crippen LogP contribution in [0, 0.1) is 18.3 Å². The van der Waals surface area contributed by atoms with E-state index in [4.69, 9.17) is 16.1 Å². The van der Waals surface area contributed by atoms with E-state index in [0.717, 1.165) is 0 Å². The first-order valence-electron chi connectivity index (χ1n) is 4.17. The normalized spacial score (nSPS) is 9.33. The highest BCUT2D eigenvalue weighted by atomic mass is 16.4. The summed E-state index contributed by atoms with van der Waals surface area (Å²) in [5.41, 5.74) is 6.99. The van der Waals surface area contributed by atoms with Crippen LogP contribution in [0.1, 0.15) is 16.8 Å². The molecule has 0 radical (unpaired) electrons. The molecule has 1 heterocycles. The molecule has 1 rings (SSSR count). The van der Waals surface area contributed by atoms with Crippen LogP contribution in [0.25, 0.3) is 0 Å². The van der Waals surface area contributed by atoms with E-state index in [1.54, 1.807) is 6.92 Å². The molecule has 78 valence electrons. The summed E-state index contributed by atoms with van der Waals surface area (Å²) >= 11 is 0. The van der Waals surface area contributed by atoms with Gasteiger partial charge in [-0.1, -0.05) is 0 Å². The summed E-state index contributed by atoms with van der Waals surface area (Å²) in [6, 6.07) is 3.42. The summed E-state index contributed by atoms with van der Waals surface area (Å²) in [7, 11) is 0. The minimum absolute atomic E-state index is 0.114. The molecule has 0 fully saturated rings. The fourth-order valence-corrected chi connectivity index (χ4v) is 1.10. The molecule has 0 bridgehead atoms. The van der Waals surface area contributed by atoms with Crippen LogP contribution in [0.4, 0.5) is 10.6 Å². The maximum Gasteiger partial charge on any atom is 0.404 e. The number of nitrogens with zero attached hydrogens (tertiary/aromatic N) is 2. The van der Waals surface area contributed by atoms with Gasteiger partial charge in [0.25, 0.3) is 0 Å². The summed E-state index contributed by atoms with van der Waals surface area (Å²) in [6.07, 6.45) is -1.12. The van der Waals surface area contributed by atoms with E-state index in [1.807, 2.05) is 6.07 Å². The van der Waals surface area contributed by atoms with Crippen molar-refractivity contribution in [2.45, 2.75) is 13.5 Å². The second-order valence-electron chi connectivity index (χ2n) is 2.94. The third kappa shape index (κ3) is 2.57. The summed E-state index contributed by atoms with van der Waals surface area (Å²) < 4.78 is 0. The van der Waals surface area contributed by atoms with E-state index in [0.29, 0.717) is 11.3 Å². The predicted molar refractivity (Wildman–Crippen MR) is 53.0 cm³/mol. The number of pyridine rings is 1. The molecule has 1 aromatic heterocycles. The number of nitriles is 1. The lowest BCUT2D eigenvalue weighted by molar-refractivity contribution is 0.194. The van der Waals surface area contributed by atoms with E-state index < -0.39 is 6.09 Å². The Morgan fingerprint density at radius 1 is 1.80 bits per heavy atom. The van der Waals surface area contributed by atoms with Gasteiger partial charge in [-0.3, -0.25) is 0 Å². The topological polar surface area (TPSA) is 112 Å². The summed E-state index contributed by atoms with van der Waals surface area (Å²) in [6.45, 7) is 1.82. The van der Waals surface area contributed by atoms with Crippen LogP contribution >= 0.6 is 0 Å². The molecule has 0 aliphatic rings. The number of anilines is 1. The van der Waals surface area contributed by atoms with Crippen LogP contribution in [0.2, 0.25) is 0 Å². The van der Waals surface area contributed by atoms with Crippen LogP contribution in [-0.4, -0.2) is 16.2 Å². The minimum Gasteiger partial charge on any atom is -0.465 e. The molecule has 1 amide bonds. The van der Waals surface area contributed by atoms with Crippen LogP contribution < -0.4 is 11.1 Å². The first-order valence-corrected chi connectivity index (χ1v) is 4.17. The number of hydrogen-bond donors (Lipinski definition) is 3. The van der Waals surface area contributed by atoms with Crippen molar-refractivity contribution in [3.05, 3.63) is 22.9 Å². The second kappa shape index (κ2) is 4.28. The molecule has 6 nitrogen and oxygen atoms in total. The van der Waals surface area contributed by atoms with E-state index in [1.165, 1.54) is 6.07 Å². The number of rotatable bonds is 2. The number of carbonyl (C=O) groups is 1. The van der Waals surface area contributed by atoms with Crippen molar-refractivity contribution in [2.75, 3.05) is 5.73 Å². The Hall–Kier alpha value is -2.29. The second-order valence-corrected chi connectivity index (χ2v) is 2.94. The molecule has 4 N–H and O–H groups in total. The number of nitrogens with two attached hydrogens (primary N) is 1. The smallest absolute Gasteiger partial charge is 0.404 e. The quantitative estimate of drug-likeness (QED) is 0.656. The molecule has 0 atom stereocenters. The van der Waals surface area contributed by atoms with Gasteiger partial charge in [0.2, 0.25) is 0 Å². The van der Waals surface area contributed by atoms with Crippen molar-refractivity contribution in [1.82, 2.24) is 10.3 Å². The minimum atomic E-state index is -1.12. The Labute approximate surface area is 86.3 Å². The lowest BCUT2D eigenvalue weighted by atomic mass is 10.1. The van der Waals surface area contributed by atoms with Crippen molar-refractivity contribution in [2.24, 2.45) is 0 Å². The Morgan fingerprint density at radius 3 is 3.00 bits per heavy atom. The molecule has 0 spiro atoms. The molecule has 0 saturated heterocycles. The van der Waals surface area contributed by atoms with Crippen molar-refractivity contribution in [3.63, 3.8) is 0 Å². The van der Waals surface area contributed by atoms with Crippen LogP contribution in [0.15, 0.2) is 6.07 Å². The van der Waals surface area contributed by atoms with Crippen molar-refractivity contribution >= 4 is 11.9 Å². The van der Waals surface area contributed by atoms with Gasteiger partial charge >= 0.3 is 6.09 Å². The maximum atomic E-state index is 10.3. The lowest BCUT2D eigenvalue weighted by Crippen LogP contribution is -2.21. The maximum absolute atomic E-state index is 10.3. The van der Waals surface area contributed by atoms with Gasteiger partial charge in [-0.2, -0.15) is 5.26 Å². The molecular weight excluding hydrogens is 196 g/mol. The van der Waals surface area contributed by atoms with Crippen LogP contribution in [0.3, 0.4) is 0 Å². The predicted octanol–water partition coefficient (Wildman–Crippen LogP) is 0.612. The van der Waals surface area contributed by atoms with E-state index in [2.05, 4.69) is 10.3 Å². The Morgan fingerprint density at radius 2 is 2.47 bits per heavy atom. The summed E-state index contributed by atoms with van der Waals surface area (Å²) in [5.74, 6) is 0.161. The highest BCUT2D eigenvalue weighted by molar-refractivity contribution is 5.64. The van der Waals surface area contributed by atoms with Gasteiger partial charge in [0.15, 0.2) is 0 Å². The van der Waals surface area contributed by atoms with Gasteiger partial charge in [-0.15, -0.1) is 0 Å². The van der Waals surface area contributed by atoms with Crippen molar-refractivity contribution < 1.29 is 9.90 Å². The Balaban J connectivity index is 2.98. The molecule has 6 heteroatoms. The Bertz CT molecular complexity index is 436. The fraction of sp³-hybridized carbons (Fsp3) is 0.222. The van der Waals surface area contributed by atoms with Crippen LogP contribution in [0.5, 0.6) is 0 Å². The van der Waals surface area contributed by atoms with E-state index >= 15 is 0 Å². The van der Waals surface area contributed by atoms with Gasteiger partial charge in [0.1, 0.15) is 11.9 Å². The summed E-state index contributed by atoms with van der Waals surface area (Å²) in [5, 5.41) is 19.3. The number of nitrogen functional groups attached to an aromatic ring is 1. The summed E-state index contributed by atoms with van der Waals surface area (Å²) in [4.78, 5) is 14.2. The fourth-order valence-electron chi connectivity index (χ4n) is 1.10. The monoisotopic (exact) mass is 206 g/mol. The highest BCUT2D eigenvalue weighted by Gasteiger charge is 2.07. The third-order valence-corrected chi connectivity index (χ3v) is 1.90. The van der Waals surface area contributed by atoms with Crippen molar-refractivity contribution in [3.8, 4) is 6.07 Å². The third-order valence-electron chi connectivity index (χ3n) is 1.90. The average Bonchev–Trinajstić information content (AvgIpc) is 2.16. The number of amides is 1. The lowest BCUT2D eigenvalue weighted by Gasteiger charge is -2.06. The van der Waals surface area contributed by atoms with E-state index in [-0.39, 0.29) is 17.9 Å². The molecular formula is C9H10N4O2. The largest absolute Gasteiger partial charge is 0.465 e. The van der Waals surface area contributed by atoms with Gasteiger partial charge < -0.3 is 16.2 Å². The first-order chi connectivity index (χ1) is 7.04. The zero-order valence-electron chi connectivity index (χ0n) is 8.11. The zero-order valence-corrected chi connectivity index (χ0v) is 8.11. The first kappa shape index (κ1) is 10.8. The number of carboxylic acid groups (broad SMARTS) is 1. The van der Waals surface area contributed by atoms with E-state index in [9.17, 15) is 4.79 Å². The molecule has 0 aliphatic heterocycles. The van der Waals surface area contributed by atoms with Crippen molar-refractivity contribution in [1.29, 1.82) is 5.26 Å². The molecule has 0 saturated carbocycles. The van der Waals surface area contributed by atoms with Gasteiger partial charge in [-0.05, 0) is 18.6 Å². The SMILES string of the molecule is Cc1nc(N)c(C#N)cc1CNC(=O)O. The van der Waals surface area contributed by atoms with Gasteiger partial charge in [0.05, 0.1) is 5.56 Å². The number of nitrogens with one attached hydrogen (secondary N) is 1. The zero-order chi connectivity index (χ0) is 11.4. The Kier molecular flexibility index (Phi) is 3.08. The molecule has 0 unspecified atom stereocenters. The molecule has 1 aromatic rings. The highest BCUT2D eigenvalue weighted by Crippen LogP contribution is 2.13. The molecule has 0 aromatic carbocycles. The number of hydrogen-bond acceptors (Lipinski definition) is 4. The van der Waals surface area contributed by atoms with Gasteiger partial charge in [-0.25, -0.2) is 9.78 Å². The van der Waals surface area contributed by atoms with Crippen LogP contribution in [-0.2, 0) is 6.54 Å². The molecule has 15 heavy (non-hydrogen) atoms. The standard InChI is InChI=1S/C9H10N4O2/c1-5-7(4-12-9(14)15)2-6(3-10)8(11)13-5/h2,12H,4H2,1H3,(H2,11,13)(H,14,15).